The van der Waals surface area contributed by atoms with Gasteiger partial charge in [-0.05, 0) is 35.7 Å². The average molecular weight is 514 g/mol. The van der Waals surface area contributed by atoms with Crippen LogP contribution in [0.2, 0.25) is 10.0 Å². The number of nitrogens with one attached hydrogen (secondary N) is 1. The minimum atomic E-state index is -3.81. The number of amides is 1. The second-order valence-corrected chi connectivity index (χ2v) is 10.7. The maximum Gasteiger partial charge on any atom is 0.244 e. The molecule has 1 fully saturated rings. The van der Waals surface area contributed by atoms with Crippen LogP contribution >= 0.6 is 23.2 Å². The standard InChI is InChI=1S/C23H29Cl2N3O4S/c1-3-21(28(33(2,30)31)22-14-19(24)7-8-20(22)25)23(29)26-15-17-5-4-6-18(13-17)16-27-9-11-32-12-10-27/h4-8,13-14,21H,3,9-12,15-16H2,1-2H3,(H,26,29). The summed E-state index contributed by atoms with van der Waals surface area (Å²) in [6.07, 6.45) is 1.31. The molecule has 7 nitrogen and oxygen atoms in total. The fourth-order valence-electron chi connectivity index (χ4n) is 3.85. The summed E-state index contributed by atoms with van der Waals surface area (Å²) in [7, 11) is -3.81. The van der Waals surface area contributed by atoms with Gasteiger partial charge in [-0.25, -0.2) is 8.42 Å². The first-order valence-electron chi connectivity index (χ1n) is 10.8. The summed E-state index contributed by atoms with van der Waals surface area (Å²) in [6, 6.07) is 11.6. The summed E-state index contributed by atoms with van der Waals surface area (Å²) < 4.78 is 31.7. The van der Waals surface area contributed by atoms with Crippen LogP contribution in [0.25, 0.3) is 0 Å². The van der Waals surface area contributed by atoms with E-state index >= 15 is 0 Å². The van der Waals surface area contributed by atoms with Crippen molar-refractivity contribution in [2.75, 3.05) is 36.9 Å². The van der Waals surface area contributed by atoms with Gasteiger partial charge < -0.3 is 10.1 Å². The fourth-order valence-corrected chi connectivity index (χ4v) is 5.49. The van der Waals surface area contributed by atoms with Crippen molar-refractivity contribution in [1.82, 2.24) is 10.2 Å². The number of sulfonamides is 1. The van der Waals surface area contributed by atoms with Crippen LogP contribution in [0.15, 0.2) is 42.5 Å². The summed E-state index contributed by atoms with van der Waals surface area (Å²) in [5.74, 6) is -0.405. The second kappa shape index (κ2) is 11.5. The zero-order valence-corrected chi connectivity index (χ0v) is 21.1. The molecule has 33 heavy (non-hydrogen) atoms. The van der Waals surface area contributed by atoms with Gasteiger partial charge in [0.1, 0.15) is 6.04 Å². The van der Waals surface area contributed by atoms with Crippen LogP contribution in [0.5, 0.6) is 0 Å². The van der Waals surface area contributed by atoms with Gasteiger partial charge in [-0.2, -0.15) is 0 Å². The highest BCUT2D eigenvalue weighted by atomic mass is 35.5. The Kier molecular flexibility index (Phi) is 9.01. The molecule has 0 aromatic heterocycles. The molecule has 1 unspecified atom stereocenters. The Morgan fingerprint density at radius 2 is 1.85 bits per heavy atom. The maximum absolute atomic E-state index is 13.1. The van der Waals surface area contributed by atoms with Gasteiger partial charge in [0.15, 0.2) is 0 Å². The Bertz CT molecular complexity index is 1080. The van der Waals surface area contributed by atoms with Gasteiger partial charge in [-0.1, -0.05) is 54.4 Å². The summed E-state index contributed by atoms with van der Waals surface area (Å²) in [4.78, 5) is 15.4. The summed E-state index contributed by atoms with van der Waals surface area (Å²) in [5.41, 5.74) is 2.27. The van der Waals surface area contributed by atoms with Gasteiger partial charge in [-0.15, -0.1) is 0 Å². The quantitative estimate of drug-likeness (QED) is 0.553. The number of hydrogen-bond donors (Lipinski definition) is 1. The van der Waals surface area contributed by atoms with Gasteiger partial charge in [0.25, 0.3) is 0 Å². The first-order valence-corrected chi connectivity index (χ1v) is 13.4. The first kappa shape index (κ1) is 25.8. The molecular weight excluding hydrogens is 485 g/mol. The van der Waals surface area contributed by atoms with Crippen molar-refractivity contribution >= 4 is 44.8 Å². The lowest BCUT2D eigenvalue weighted by atomic mass is 10.1. The molecule has 1 heterocycles. The number of carbonyl (C=O) groups excluding carboxylic acids is 1. The van der Waals surface area contributed by atoms with Crippen LogP contribution in [0, 0.1) is 0 Å². The van der Waals surface area contributed by atoms with E-state index < -0.39 is 22.0 Å². The lowest BCUT2D eigenvalue weighted by Gasteiger charge is -2.31. The Hall–Kier alpha value is -1.84. The molecule has 180 valence electrons. The van der Waals surface area contributed by atoms with E-state index in [1.807, 2.05) is 12.1 Å². The number of nitrogens with zero attached hydrogens (tertiary/aromatic N) is 2. The molecule has 3 rings (SSSR count). The fraction of sp³-hybridized carbons (Fsp3) is 0.435. The van der Waals surface area contributed by atoms with Crippen molar-refractivity contribution in [3.8, 4) is 0 Å². The third kappa shape index (κ3) is 7.07. The van der Waals surface area contributed by atoms with E-state index in [4.69, 9.17) is 27.9 Å². The van der Waals surface area contributed by atoms with Crippen molar-refractivity contribution in [3.63, 3.8) is 0 Å². The number of hydrogen-bond acceptors (Lipinski definition) is 5. The molecule has 10 heteroatoms. The second-order valence-electron chi connectivity index (χ2n) is 8.00. The third-order valence-corrected chi connectivity index (χ3v) is 7.16. The van der Waals surface area contributed by atoms with Crippen LogP contribution in [-0.4, -0.2) is 57.8 Å². The summed E-state index contributed by atoms with van der Waals surface area (Å²) in [5, 5.41) is 3.41. The van der Waals surface area contributed by atoms with Gasteiger partial charge >= 0.3 is 0 Å². The summed E-state index contributed by atoms with van der Waals surface area (Å²) >= 11 is 12.3. The first-order chi connectivity index (χ1) is 15.7. The van der Waals surface area contributed by atoms with Gasteiger partial charge in [0.05, 0.1) is 30.2 Å². The number of benzene rings is 2. The van der Waals surface area contributed by atoms with E-state index in [9.17, 15) is 13.2 Å². The van der Waals surface area contributed by atoms with E-state index in [-0.39, 0.29) is 23.7 Å². The van der Waals surface area contributed by atoms with Crippen LogP contribution < -0.4 is 9.62 Å². The topological polar surface area (TPSA) is 79.0 Å². The molecular formula is C23H29Cl2N3O4S. The number of halogens is 2. The van der Waals surface area contributed by atoms with E-state index in [2.05, 4.69) is 22.3 Å². The van der Waals surface area contributed by atoms with Gasteiger partial charge in [0, 0.05) is 31.2 Å². The molecule has 1 aliphatic heterocycles. The highest BCUT2D eigenvalue weighted by Gasteiger charge is 2.32. The predicted octanol–water partition coefficient (Wildman–Crippen LogP) is 3.69. The van der Waals surface area contributed by atoms with Crippen molar-refractivity contribution in [2.45, 2.75) is 32.5 Å². The highest BCUT2D eigenvalue weighted by Crippen LogP contribution is 2.33. The van der Waals surface area contributed by atoms with E-state index in [1.54, 1.807) is 13.0 Å². The minimum Gasteiger partial charge on any atom is -0.379 e. The molecule has 0 aliphatic carbocycles. The molecule has 1 saturated heterocycles. The number of rotatable bonds is 9. The Morgan fingerprint density at radius 3 is 2.52 bits per heavy atom. The smallest absolute Gasteiger partial charge is 0.244 e. The summed E-state index contributed by atoms with van der Waals surface area (Å²) in [6.45, 7) is 6.12. The van der Waals surface area contributed by atoms with E-state index in [1.165, 1.54) is 12.1 Å². The SMILES string of the molecule is CCC(C(=O)NCc1cccc(CN2CCOCC2)c1)N(c1cc(Cl)ccc1Cl)S(C)(=O)=O. The molecule has 2 aromatic rings. The number of ether oxygens (including phenoxy) is 1. The van der Waals surface area contributed by atoms with Gasteiger partial charge in [0.2, 0.25) is 15.9 Å². The average Bonchev–Trinajstić information content (AvgIpc) is 2.78. The van der Waals surface area contributed by atoms with Crippen molar-refractivity contribution < 1.29 is 17.9 Å². The lowest BCUT2D eigenvalue weighted by Crippen LogP contribution is -2.49. The molecule has 2 aromatic carbocycles. The van der Waals surface area contributed by atoms with Crippen molar-refractivity contribution in [1.29, 1.82) is 0 Å². The number of carbonyl (C=O) groups is 1. The third-order valence-electron chi connectivity index (χ3n) is 5.44. The molecule has 0 bridgehead atoms. The normalized spacial score (nSPS) is 15.8. The van der Waals surface area contributed by atoms with E-state index in [0.717, 1.165) is 54.5 Å². The molecule has 1 N–H and O–H groups in total. The predicted molar refractivity (Wildman–Crippen MR) is 132 cm³/mol. The molecule has 1 amide bonds. The van der Waals surface area contributed by atoms with E-state index in [0.29, 0.717) is 5.02 Å². The zero-order chi connectivity index (χ0) is 24.0. The van der Waals surface area contributed by atoms with Crippen LogP contribution in [0.1, 0.15) is 24.5 Å². The lowest BCUT2D eigenvalue weighted by molar-refractivity contribution is -0.122. The molecule has 0 saturated carbocycles. The van der Waals surface area contributed by atoms with Crippen molar-refractivity contribution in [2.24, 2.45) is 0 Å². The van der Waals surface area contributed by atoms with Crippen LogP contribution in [0.4, 0.5) is 5.69 Å². The molecule has 0 spiro atoms. The molecule has 0 radical (unpaired) electrons. The van der Waals surface area contributed by atoms with Crippen molar-refractivity contribution in [3.05, 3.63) is 63.6 Å². The van der Waals surface area contributed by atoms with Gasteiger partial charge in [-0.3, -0.25) is 14.0 Å². The Balaban J connectivity index is 1.73. The largest absolute Gasteiger partial charge is 0.379 e. The number of anilines is 1. The Morgan fingerprint density at radius 1 is 1.15 bits per heavy atom. The zero-order valence-electron chi connectivity index (χ0n) is 18.8. The minimum absolute atomic E-state index is 0.182. The number of morpholine rings is 1. The van der Waals surface area contributed by atoms with Crippen LogP contribution in [-0.2, 0) is 32.6 Å². The monoisotopic (exact) mass is 513 g/mol. The van der Waals surface area contributed by atoms with Crippen LogP contribution in [0.3, 0.4) is 0 Å². The highest BCUT2D eigenvalue weighted by molar-refractivity contribution is 7.92. The molecule has 1 aliphatic rings. The molecule has 1 atom stereocenters. The maximum atomic E-state index is 13.1. The Labute approximate surface area is 205 Å².